The van der Waals surface area contributed by atoms with Gasteiger partial charge in [0.25, 0.3) is 0 Å². The number of carbonyl (C=O) groups is 1. The van der Waals surface area contributed by atoms with Crippen LogP contribution in [-0.2, 0) is 21.2 Å². The van der Waals surface area contributed by atoms with E-state index in [2.05, 4.69) is 10.3 Å². The molecule has 0 aliphatic rings. The van der Waals surface area contributed by atoms with Gasteiger partial charge in [-0.05, 0) is 49.1 Å². The number of aryl methyl sites for hydroxylation is 2. The Morgan fingerprint density at radius 2 is 1.89 bits per heavy atom. The Morgan fingerprint density at radius 1 is 1.14 bits per heavy atom. The van der Waals surface area contributed by atoms with Crippen LogP contribution in [0.15, 0.2) is 48.7 Å². The third kappa shape index (κ3) is 4.79. The number of aromatic amines is 1. The van der Waals surface area contributed by atoms with Gasteiger partial charge in [-0.3, -0.25) is 4.79 Å². The molecule has 7 heteroatoms. The minimum atomic E-state index is -3.51. The summed E-state index contributed by atoms with van der Waals surface area (Å²) in [5.74, 6) is -0.349. The Labute approximate surface area is 165 Å². The summed E-state index contributed by atoms with van der Waals surface area (Å²) in [6, 6.07) is 13.6. The molecule has 148 valence electrons. The number of H-pyrrole nitrogens is 1. The van der Waals surface area contributed by atoms with Crippen molar-refractivity contribution < 1.29 is 13.2 Å². The van der Waals surface area contributed by atoms with Crippen molar-refractivity contribution in [3.8, 4) is 0 Å². The average molecular weight is 400 g/mol. The number of carbonyl (C=O) groups excluding carboxylic acids is 1. The van der Waals surface area contributed by atoms with Gasteiger partial charge in [0.1, 0.15) is 0 Å². The number of hydrogen-bond donors (Lipinski definition) is 2. The second-order valence-electron chi connectivity index (χ2n) is 7.07. The molecule has 6 nitrogen and oxygen atoms in total. The largest absolute Gasteiger partial charge is 0.361 e. The number of sulfonamides is 1. The van der Waals surface area contributed by atoms with Gasteiger partial charge in [-0.25, -0.2) is 8.42 Å². The lowest BCUT2D eigenvalue weighted by atomic mass is 10.1. The van der Waals surface area contributed by atoms with E-state index >= 15 is 0 Å². The summed E-state index contributed by atoms with van der Waals surface area (Å²) in [4.78, 5) is 15.7. The summed E-state index contributed by atoms with van der Waals surface area (Å²) in [5, 5.41) is 3.89. The summed E-state index contributed by atoms with van der Waals surface area (Å²) in [6.45, 7) is 3.87. The molecule has 0 radical (unpaired) electrons. The zero-order chi connectivity index (χ0) is 20.3. The molecule has 28 heavy (non-hydrogen) atoms. The molecule has 0 saturated carbocycles. The number of rotatable bonds is 7. The van der Waals surface area contributed by atoms with Crippen LogP contribution in [0.25, 0.3) is 10.9 Å². The first kappa shape index (κ1) is 20.1. The van der Waals surface area contributed by atoms with Gasteiger partial charge in [-0.2, -0.15) is 4.31 Å². The number of fused-ring (bicyclic) bond motifs is 1. The van der Waals surface area contributed by atoms with Gasteiger partial charge in [0.15, 0.2) is 0 Å². The zero-order valence-electron chi connectivity index (χ0n) is 16.3. The Hall–Kier alpha value is -2.64. The highest BCUT2D eigenvalue weighted by Crippen LogP contribution is 2.19. The van der Waals surface area contributed by atoms with E-state index in [-0.39, 0.29) is 19.0 Å². The first-order valence-electron chi connectivity index (χ1n) is 9.11. The Morgan fingerprint density at radius 3 is 2.64 bits per heavy atom. The molecule has 0 atom stereocenters. The second kappa shape index (κ2) is 8.16. The van der Waals surface area contributed by atoms with E-state index in [9.17, 15) is 13.2 Å². The van der Waals surface area contributed by atoms with Crippen molar-refractivity contribution >= 4 is 32.5 Å². The minimum absolute atomic E-state index is 0.214. The molecule has 2 N–H and O–H groups in total. The van der Waals surface area contributed by atoms with E-state index in [0.717, 1.165) is 33.8 Å². The molecule has 0 bridgehead atoms. The van der Waals surface area contributed by atoms with Gasteiger partial charge in [0, 0.05) is 29.3 Å². The van der Waals surface area contributed by atoms with Gasteiger partial charge >= 0.3 is 0 Å². The predicted molar refractivity (Wildman–Crippen MR) is 113 cm³/mol. The van der Waals surface area contributed by atoms with Crippen LogP contribution in [0.3, 0.4) is 0 Å². The Kier molecular flexibility index (Phi) is 5.86. The van der Waals surface area contributed by atoms with E-state index in [1.807, 2.05) is 62.5 Å². The molecule has 1 heterocycles. The smallest absolute Gasteiger partial charge is 0.239 e. The van der Waals surface area contributed by atoms with Gasteiger partial charge in [0.2, 0.25) is 15.9 Å². The van der Waals surface area contributed by atoms with Crippen LogP contribution in [0.1, 0.15) is 16.7 Å². The highest BCUT2D eigenvalue weighted by Gasteiger charge is 2.21. The van der Waals surface area contributed by atoms with E-state index in [1.165, 1.54) is 4.31 Å². The quantitative estimate of drug-likeness (QED) is 0.640. The molecule has 3 rings (SSSR count). The molecule has 1 amide bonds. The number of para-hydroxylation sites is 1. The fraction of sp³-hybridized carbons (Fsp3) is 0.286. The van der Waals surface area contributed by atoms with E-state index in [4.69, 9.17) is 0 Å². The number of hydrogen-bond acceptors (Lipinski definition) is 3. The van der Waals surface area contributed by atoms with Gasteiger partial charge < -0.3 is 10.3 Å². The zero-order valence-corrected chi connectivity index (χ0v) is 17.1. The minimum Gasteiger partial charge on any atom is -0.361 e. The first-order chi connectivity index (χ1) is 13.2. The molecule has 0 unspecified atom stereocenters. The monoisotopic (exact) mass is 399 g/mol. The first-order valence-corrected chi connectivity index (χ1v) is 11.0. The number of nitrogens with one attached hydrogen (secondary N) is 2. The third-order valence-electron chi connectivity index (χ3n) is 4.76. The molecule has 0 spiro atoms. The normalized spacial score (nSPS) is 11.9. The van der Waals surface area contributed by atoms with Crippen LogP contribution in [-0.4, -0.2) is 43.0 Å². The number of benzene rings is 2. The van der Waals surface area contributed by atoms with E-state index in [1.54, 1.807) is 0 Å². The predicted octanol–water partition coefficient (Wildman–Crippen LogP) is 3.23. The molecular weight excluding hydrogens is 374 g/mol. The van der Waals surface area contributed by atoms with Crippen molar-refractivity contribution in [1.82, 2.24) is 9.29 Å². The van der Waals surface area contributed by atoms with Crippen molar-refractivity contribution in [2.75, 3.05) is 24.7 Å². The molecule has 3 aromatic rings. The highest BCUT2D eigenvalue weighted by molar-refractivity contribution is 7.88. The van der Waals surface area contributed by atoms with Crippen molar-refractivity contribution in [3.05, 3.63) is 65.4 Å². The molecule has 0 aliphatic carbocycles. The number of nitrogens with zero attached hydrogens (tertiary/aromatic N) is 1. The van der Waals surface area contributed by atoms with E-state index in [0.29, 0.717) is 12.1 Å². The van der Waals surface area contributed by atoms with Crippen molar-refractivity contribution in [2.24, 2.45) is 0 Å². The van der Waals surface area contributed by atoms with Gasteiger partial charge in [-0.1, -0.05) is 30.3 Å². The standard InChI is InChI=1S/C21H25N3O3S/c1-15-8-9-16(2)20(12-15)23-21(25)14-24(28(3,26)27)11-10-17-13-22-19-7-5-4-6-18(17)19/h4-9,12-13,22H,10-11,14H2,1-3H3,(H,23,25). The second-order valence-corrected chi connectivity index (χ2v) is 9.06. The van der Waals surface area contributed by atoms with Gasteiger partial charge in [0.05, 0.1) is 12.8 Å². The molecule has 1 aromatic heterocycles. The highest BCUT2D eigenvalue weighted by atomic mass is 32.2. The third-order valence-corrected chi connectivity index (χ3v) is 6.01. The van der Waals surface area contributed by atoms with Crippen molar-refractivity contribution in [2.45, 2.75) is 20.3 Å². The van der Waals surface area contributed by atoms with Crippen LogP contribution in [0.5, 0.6) is 0 Å². The Balaban J connectivity index is 1.70. The lowest BCUT2D eigenvalue weighted by Crippen LogP contribution is -2.38. The van der Waals surface area contributed by atoms with Crippen molar-refractivity contribution in [3.63, 3.8) is 0 Å². The fourth-order valence-corrected chi connectivity index (χ4v) is 3.94. The summed E-state index contributed by atoms with van der Waals surface area (Å²) in [5.41, 5.74) is 4.70. The maximum Gasteiger partial charge on any atom is 0.239 e. The molecule has 0 aliphatic heterocycles. The van der Waals surface area contributed by atoms with E-state index < -0.39 is 10.0 Å². The number of aromatic nitrogens is 1. The van der Waals surface area contributed by atoms with Crippen molar-refractivity contribution in [1.29, 1.82) is 0 Å². The Bertz CT molecular complexity index is 1100. The molecular formula is C21H25N3O3S. The van der Waals surface area contributed by atoms with Gasteiger partial charge in [-0.15, -0.1) is 0 Å². The van der Waals surface area contributed by atoms with Crippen LogP contribution >= 0.6 is 0 Å². The summed E-state index contributed by atoms with van der Waals surface area (Å²) in [6.07, 6.45) is 3.54. The van der Waals surface area contributed by atoms with Crippen LogP contribution in [0, 0.1) is 13.8 Å². The number of amides is 1. The summed E-state index contributed by atoms with van der Waals surface area (Å²) < 4.78 is 25.6. The topological polar surface area (TPSA) is 82.3 Å². The van der Waals surface area contributed by atoms with Crippen LogP contribution in [0.4, 0.5) is 5.69 Å². The maximum absolute atomic E-state index is 12.5. The summed E-state index contributed by atoms with van der Waals surface area (Å²) in [7, 11) is -3.51. The fourth-order valence-electron chi connectivity index (χ4n) is 3.17. The SMILES string of the molecule is Cc1ccc(C)c(NC(=O)CN(CCc2c[nH]c3ccccc23)S(C)(=O)=O)c1. The van der Waals surface area contributed by atoms with Crippen LogP contribution in [0.2, 0.25) is 0 Å². The summed E-state index contributed by atoms with van der Waals surface area (Å²) >= 11 is 0. The molecule has 0 saturated heterocycles. The average Bonchev–Trinajstić information content (AvgIpc) is 3.04. The number of anilines is 1. The molecule has 2 aromatic carbocycles. The lowest BCUT2D eigenvalue weighted by molar-refractivity contribution is -0.116. The lowest BCUT2D eigenvalue weighted by Gasteiger charge is -2.20. The molecule has 0 fully saturated rings. The van der Waals surface area contributed by atoms with Crippen LogP contribution < -0.4 is 5.32 Å². The maximum atomic E-state index is 12.5.